The van der Waals surface area contributed by atoms with Crippen molar-refractivity contribution in [1.29, 1.82) is 0 Å². The van der Waals surface area contributed by atoms with Crippen molar-refractivity contribution in [1.82, 2.24) is 19.1 Å². The van der Waals surface area contributed by atoms with Crippen LogP contribution in [0.5, 0.6) is 0 Å². The second kappa shape index (κ2) is 5.92. The molecule has 2 rings (SSSR count). The van der Waals surface area contributed by atoms with E-state index >= 15 is 0 Å². The first-order chi connectivity index (χ1) is 9.63. The van der Waals surface area contributed by atoms with Crippen molar-refractivity contribution in [3.8, 4) is 0 Å². The van der Waals surface area contributed by atoms with Gasteiger partial charge in [0.1, 0.15) is 12.7 Å². The first-order valence-corrected chi connectivity index (χ1v) is 6.04. The van der Waals surface area contributed by atoms with Gasteiger partial charge in [0.15, 0.2) is 0 Å². The molecule has 102 valence electrons. The average molecular weight is 270 g/mol. The summed E-state index contributed by atoms with van der Waals surface area (Å²) in [7, 11) is 0. The molecular weight excluding hydrogens is 256 g/mol. The molecule has 0 atom stereocenters. The number of carbonyl (C=O) groups excluding carboxylic acids is 2. The molecule has 0 aliphatic carbocycles. The van der Waals surface area contributed by atoms with Gasteiger partial charge in [0.05, 0.1) is 11.9 Å². The first-order valence-electron chi connectivity index (χ1n) is 6.04. The SMILES string of the molecule is C/C=C(\C)C(=O)n1cncc1/C=C/C(=O)n1ccnc1. The lowest BCUT2D eigenvalue weighted by Crippen LogP contribution is -2.12. The maximum atomic E-state index is 12.1. The van der Waals surface area contributed by atoms with Crippen molar-refractivity contribution < 1.29 is 9.59 Å². The molecule has 0 bridgehead atoms. The molecule has 6 heteroatoms. The van der Waals surface area contributed by atoms with E-state index in [1.807, 2.05) is 0 Å². The molecule has 0 unspecified atom stereocenters. The Kier molecular flexibility index (Phi) is 4.05. The second-order valence-corrected chi connectivity index (χ2v) is 4.11. The lowest BCUT2D eigenvalue weighted by Gasteiger charge is -2.03. The molecule has 6 nitrogen and oxygen atoms in total. The van der Waals surface area contributed by atoms with Gasteiger partial charge in [-0.15, -0.1) is 0 Å². The summed E-state index contributed by atoms with van der Waals surface area (Å²) in [6, 6.07) is 0. The van der Waals surface area contributed by atoms with Crippen LogP contribution in [-0.2, 0) is 0 Å². The maximum absolute atomic E-state index is 12.1. The van der Waals surface area contributed by atoms with E-state index in [1.54, 1.807) is 32.2 Å². The highest BCUT2D eigenvalue weighted by atomic mass is 16.2. The van der Waals surface area contributed by atoms with Gasteiger partial charge in [0.2, 0.25) is 0 Å². The summed E-state index contributed by atoms with van der Waals surface area (Å²) in [5.74, 6) is -0.412. The van der Waals surface area contributed by atoms with Crippen LogP contribution in [0.2, 0.25) is 0 Å². The van der Waals surface area contributed by atoms with Gasteiger partial charge >= 0.3 is 0 Å². The molecule has 20 heavy (non-hydrogen) atoms. The normalized spacial score (nSPS) is 12.0. The average Bonchev–Trinajstić information content (AvgIpc) is 3.13. The van der Waals surface area contributed by atoms with Crippen LogP contribution in [0, 0.1) is 0 Å². The third-order valence-corrected chi connectivity index (χ3v) is 2.81. The standard InChI is InChI=1S/C14H14N4O2/c1-3-11(2)14(20)18-10-16-8-12(18)4-5-13(19)17-7-6-15-9-17/h3-10H,1-2H3/b5-4+,11-3+. The smallest absolute Gasteiger partial charge is 0.258 e. The van der Waals surface area contributed by atoms with Gasteiger partial charge in [0.25, 0.3) is 11.8 Å². The number of aromatic nitrogens is 4. The van der Waals surface area contributed by atoms with E-state index in [0.717, 1.165) is 0 Å². The summed E-state index contributed by atoms with van der Waals surface area (Å²) >= 11 is 0. The Morgan fingerprint density at radius 1 is 1.25 bits per heavy atom. The molecule has 0 aliphatic heterocycles. The Bertz CT molecular complexity index is 678. The lowest BCUT2D eigenvalue weighted by molar-refractivity contribution is 0.0949. The molecule has 0 fully saturated rings. The summed E-state index contributed by atoms with van der Waals surface area (Å²) in [6.45, 7) is 3.52. The van der Waals surface area contributed by atoms with E-state index < -0.39 is 0 Å². The van der Waals surface area contributed by atoms with Crippen molar-refractivity contribution in [2.45, 2.75) is 13.8 Å². The Morgan fingerprint density at radius 2 is 2.05 bits per heavy atom. The van der Waals surface area contributed by atoms with Crippen LogP contribution in [0.1, 0.15) is 29.1 Å². The Morgan fingerprint density at radius 3 is 2.70 bits per heavy atom. The third-order valence-electron chi connectivity index (χ3n) is 2.81. The van der Waals surface area contributed by atoms with E-state index in [1.165, 1.54) is 40.3 Å². The molecule has 2 aromatic heterocycles. The second-order valence-electron chi connectivity index (χ2n) is 4.11. The van der Waals surface area contributed by atoms with E-state index in [4.69, 9.17) is 0 Å². The van der Waals surface area contributed by atoms with Crippen molar-refractivity contribution in [2.75, 3.05) is 0 Å². The molecule has 0 aromatic carbocycles. The minimum Gasteiger partial charge on any atom is -0.273 e. The summed E-state index contributed by atoms with van der Waals surface area (Å²) < 4.78 is 2.74. The maximum Gasteiger partial charge on any atom is 0.258 e. The fourth-order valence-electron chi connectivity index (χ4n) is 1.54. The topological polar surface area (TPSA) is 69.8 Å². The van der Waals surface area contributed by atoms with E-state index in [2.05, 4.69) is 9.97 Å². The molecule has 0 spiro atoms. The van der Waals surface area contributed by atoms with Crippen LogP contribution in [0.15, 0.2) is 49.0 Å². The fraction of sp³-hybridized carbons (Fsp3) is 0.143. The van der Waals surface area contributed by atoms with Crippen LogP contribution in [0.3, 0.4) is 0 Å². The van der Waals surface area contributed by atoms with Gasteiger partial charge in [0, 0.05) is 24.0 Å². The number of hydrogen-bond acceptors (Lipinski definition) is 4. The molecule has 2 aromatic rings. The van der Waals surface area contributed by atoms with Crippen molar-refractivity contribution in [3.63, 3.8) is 0 Å². The molecule has 0 aliphatic rings. The summed E-state index contributed by atoms with van der Waals surface area (Å²) in [5, 5.41) is 0. The number of imidazole rings is 2. The van der Waals surface area contributed by atoms with Gasteiger partial charge in [-0.3, -0.25) is 18.7 Å². The molecule has 0 amide bonds. The lowest BCUT2D eigenvalue weighted by atomic mass is 10.2. The number of carbonyl (C=O) groups is 2. The Labute approximate surface area is 116 Å². The summed E-state index contributed by atoms with van der Waals surface area (Å²) in [5.41, 5.74) is 1.16. The van der Waals surface area contributed by atoms with Gasteiger partial charge < -0.3 is 0 Å². The van der Waals surface area contributed by atoms with Crippen LogP contribution in [-0.4, -0.2) is 30.9 Å². The van der Waals surface area contributed by atoms with Gasteiger partial charge in [-0.05, 0) is 19.9 Å². The molecule has 0 saturated heterocycles. The number of hydrogen-bond donors (Lipinski definition) is 0. The highest BCUT2D eigenvalue weighted by Gasteiger charge is 2.10. The number of rotatable bonds is 3. The zero-order chi connectivity index (χ0) is 14.5. The fourth-order valence-corrected chi connectivity index (χ4v) is 1.54. The number of allylic oxidation sites excluding steroid dienone is 3. The highest BCUT2D eigenvalue weighted by Crippen LogP contribution is 2.07. The summed E-state index contributed by atoms with van der Waals surface area (Å²) in [4.78, 5) is 31.6. The number of nitrogens with zero attached hydrogens (tertiary/aromatic N) is 4. The minimum absolute atomic E-state index is 0.167. The van der Waals surface area contributed by atoms with Gasteiger partial charge in [-0.1, -0.05) is 6.08 Å². The van der Waals surface area contributed by atoms with Gasteiger partial charge in [-0.2, -0.15) is 0 Å². The molecule has 0 saturated carbocycles. The van der Waals surface area contributed by atoms with E-state index in [0.29, 0.717) is 11.3 Å². The van der Waals surface area contributed by atoms with Crippen molar-refractivity contribution in [2.24, 2.45) is 0 Å². The van der Waals surface area contributed by atoms with Crippen molar-refractivity contribution >= 4 is 17.9 Å². The molecule has 2 heterocycles. The Balaban J connectivity index is 2.21. The zero-order valence-corrected chi connectivity index (χ0v) is 11.2. The van der Waals surface area contributed by atoms with Crippen LogP contribution >= 0.6 is 0 Å². The van der Waals surface area contributed by atoms with Crippen LogP contribution < -0.4 is 0 Å². The van der Waals surface area contributed by atoms with E-state index in [9.17, 15) is 9.59 Å². The molecule has 0 radical (unpaired) electrons. The predicted octanol–water partition coefficient (Wildman–Crippen LogP) is 2.04. The largest absolute Gasteiger partial charge is 0.273 e. The quantitative estimate of drug-likeness (QED) is 0.800. The van der Waals surface area contributed by atoms with Crippen LogP contribution in [0.4, 0.5) is 0 Å². The van der Waals surface area contributed by atoms with Crippen LogP contribution in [0.25, 0.3) is 6.08 Å². The molecule has 0 N–H and O–H groups in total. The third kappa shape index (κ3) is 2.80. The monoisotopic (exact) mass is 270 g/mol. The van der Waals surface area contributed by atoms with E-state index in [-0.39, 0.29) is 11.8 Å². The summed E-state index contributed by atoms with van der Waals surface area (Å²) in [6.07, 6.45) is 12.1. The van der Waals surface area contributed by atoms with Crippen molar-refractivity contribution in [3.05, 3.63) is 54.7 Å². The van der Waals surface area contributed by atoms with Gasteiger partial charge in [-0.25, -0.2) is 9.97 Å². The predicted molar refractivity (Wildman–Crippen MR) is 74.2 cm³/mol. The highest BCUT2D eigenvalue weighted by molar-refractivity contribution is 5.97. The Hall–Kier alpha value is -2.76. The minimum atomic E-state index is -0.245. The first kappa shape index (κ1) is 13.7. The molecular formula is C14H14N4O2. The zero-order valence-electron chi connectivity index (χ0n) is 11.2.